The number of anilines is 1. The van der Waals surface area contributed by atoms with Crippen molar-refractivity contribution in [1.82, 2.24) is 4.57 Å². The molecule has 1 amide bonds. The number of thiazole rings is 1. The van der Waals surface area contributed by atoms with E-state index in [9.17, 15) is 13.2 Å². The van der Waals surface area contributed by atoms with Gasteiger partial charge in [0, 0.05) is 11.3 Å². The van der Waals surface area contributed by atoms with E-state index in [1.54, 1.807) is 30.3 Å². The average molecular weight is 506 g/mol. The minimum atomic E-state index is -3.85. The Balaban J connectivity index is 1.67. The second-order valence-electron chi connectivity index (χ2n) is 7.86. The standard InChI is InChI=1S/C26H23N3O4S2/c1-5-13-29-23-14-17(2)18(3)15-24(23)34-26(29)27-25(30)19-7-6-8-20(16-19)28-35(31,32)22-11-9-21(33-4)10-12-22/h1,6-12,14-16,28H,13H2,2-4H3. The molecule has 4 rings (SSSR count). The fourth-order valence-electron chi connectivity index (χ4n) is 3.49. The molecule has 0 spiro atoms. The number of aromatic nitrogens is 1. The van der Waals surface area contributed by atoms with Gasteiger partial charge in [0.25, 0.3) is 15.9 Å². The van der Waals surface area contributed by atoms with E-state index in [0.717, 1.165) is 21.3 Å². The number of nitrogens with one attached hydrogen (secondary N) is 1. The van der Waals surface area contributed by atoms with E-state index < -0.39 is 15.9 Å². The number of carbonyl (C=O) groups excluding carboxylic acids is 1. The largest absolute Gasteiger partial charge is 0.497 e. The van der Waals surface area contributed by atoms with Crippen molar-refractivity contribution >= 4 is 43.2 Å². The maximum atomic E-state index is 13.0. The van der Waals surface area contributed by atoms with E-state index in [1.165, 1.54) is 36.6 Å². The number of carbonyl (C=O) groups is 1. The molecular weight excluding hydrogens is 482 g/mol. The fraction of sp³-hybridized carbons (Fsp3) is 0.154. The summed E-state index contributed by atoms with van der Waals surface area (Å²) in [6, 6.07) is 16.3. The van der Waals surface area contributed by atoms with Crippen LogP contribution in [0.5, 0.6) is 5.75 Å². The summed E-state index contributed by atoms with van der Waals surface area (Å²) in [5.41, 5.74) is 3.68. The van der Waals surface area contributed by atoms with Crippen LogP contribution in [0, 0.1) is 26.2 Å². The van der Waals surface area contributed by atoms with Gasteiger partial charge in [-0.05, 0) is 79.6 Å². The number of aryl methyl sites for hydroxylation is 2. The third-order valence-electron chi connectivity index (χ3n) is 5.48. The molecule has 0 atom stereocenters. The highest BCUT2D eigenvalue weighted by molar-refractivity contribution is 7.92. The number of methoxy groups -OCH3 is 1. The third kappa shape index (κ3) is 5.14. The molecule has 3 aromatic carbocycles. The van der Waals surface area contributed by atoms with Crippen molar-refractivity contribution in [2.45, 2.75) is 25.3 Å². The fourth-order valence-corrected chi connectivity index (χ4v) is 5.64. The Morgan fingerprint density at radius 2 is 1.83 bits per heavy atom. The second kappa shape index (κ2) is 9.78. The molecule has 0 aliphatic heterocycles. The summed E-state index contributed by atoms with van der Waals surface area (Å²) in [6.07, 6.45) is 5.57. The van der Waals surface area contributed by atoms with Crippen LogP contribution in [-0.2, 0) is 16.6 Å². The molecule has 0 saturated heterocycles. The monoisotopic (exact) mass is 505 g/mol. The number of sulfonamides is 1. The number of hydrogen-bond acceptors (Lipinski definition) is 5. The molecule has 4 aromatic rings. The van der Waals surface area contributed by atoms with Crippen LogP contribution in [0.25, 0.3) is 10.2 Å². The maximum absolute atomic E-state index is 13.0. The van der Waals surface area contributed by atoms with Gasteiger partial charge >= 0.3 is 0 Å². The second-order valence-corrected chi connectivity index (χ2v) is 10.5. The minimum Gasteiger partial charge on any atom is -0.497 e. The Labute approximate surface area is 207 Å². The van der Waals surface area contributed by atoms with Crippen molar-refractivity contribution in [2.75, 3.05) is 11.8 Å². The number of rotatable bonds is 6. The van der Waals surface area contributed by atoms with Crippen molar-refractivity contribution in [3.05, 3.63) is 82.2 Å². The molecule has 0 fully saturated rings. The first-order chi connectivity index (χ1) is 16.7. The molecule has 35 heavy (non-hydrogen) atoms. The van der Waals surface area contributed by atoms with E-state index in [-0.39, 0.29) is 22.7 Å². The van der Waals surface area contributed by atoms with Gasteiger partial charge in [-0.3, -0.25) is 9.52 Å². The smallest absolute Gasteiger partial charge is 0.279 e. The molecule has 0 unspecified atom stereocenters. The zero-order chi connectivity index (χ0) is 25.2. The molecule has 0 radical (unpaired) electrons. The van der Waals surface area contributed by atoms with Crippen molar-refractivity contribution in [1.29, 1.82) is 0 Å². The topological polar surface area (TPSA) is 89.8 Å². The molecule has 9 heteroatoms. The zero-order valence-electron chi connectivity index (χ0n) is 19.4. The summed E-state index contributed by atoms with van der Waals surface area (Å²) in [4.78, 5) is 17.9. The summed E-state index contributed by atoms with van der Waals surface area (Å²) >= 11 is 1.38. The molecule has 1 aromatic heterocycles. The number of terminal acetylenes is 1. The zero-order valence-corrected chi connectivity index (χ0v) is 21.0. The summed E-state index contributed by atoms with van der Waals surface area (Å²) in [5, 5.41) is 0. The number of amides is 1. The molecular formula is C26H23N3O4S2. The van der Waals surface area contributed by atoms with Crippen molar-refractivity contribution < 1.29 is 17.9 Å². The molecule has 0 aliphatic carbocycles. The van der Waals surface area contributed by atoms with Crippen LogP contribution in [0.1, 0.15) is 21.5 Å². The average Bonchev–Trinajstić information content (AvgIpc) is 3.15. The summed E-state index contributed by atoms with van der Waals surface area (Å²) in [5.74, 6) is 2.67. The molecule has 0 aliphatic rings. The number of hydrogen-bond donors (Lipinski definition) is 1. The van der Waals surface area contributed by atoms with Gasteiger partial charge in [0.1, 0.15) is 5.75 Å². The highest BCUT2D eigenvalue weighted by Crippen LogP contribution is 2.23. The van der Waals surface area contributed by atoms with E-state index in [1.807, 2.05) is 24.5 Å². The minimum absolute atomic E-state index is 0.0749. The highest BCUT2D eigenvalue weighted by Gasteiger charge is 2.16. The van der Waals surface area contributed by atoms with E-state index in [0.29, 0.717) is 10.6 Å². The van der Waals surface area contributed by atoms with Crippen LogP contribution < -0.4 is 14.3 Å². The summed E-state index contributed by atoms with van der Waals surface area (Å²) in [6.45, 7) is 4.32. The van der Waals surface area contributed by atoms with E-state index in [2.05, 4.69) is 21.7 Å². The molecule has 0 bridgehead atoms. The van der Waals surface area contributed by atoms with Gasteiger partial charge in [-0.2, -0.15) is 4.99 Å². The first kappa shape index (κ1) is 24.3. The van der Waals surface area contributed by atoms with E-state index >= 15 is 0 Å². The lowest BCUT2D eigenvalue weighted by Crippen LogP contribution is -2.17. The molecule has 178 valence electrons. The molecule has 0 saturated carbocycles. The Bertz CT molecular complexity index is 1640. The maximum Gasteiger partial charge on any atom is 0.279 e. The van der Waals surface area contributed by atoms with Gasteiger partial charge in [-0.1, -0.05) is 23.3 Å². The lowest BCUT2D eigenvalue weighted by Gasteiger charge is -2.09. The number of fused-ring (bicyclic) bond motifs is 1. The number of benzene rings is 3. The van der Waals surface area contributed by atoms with Gasteiger partial charge in [0.15, 0.2) is 4.80 Å². The van der Waals surface area contributed by atoms with Crippen LogP contribution in [0.3, 0.4) is 0 Å². The van der Waals surface area contributed by atoms with Crippen LogP contribution in [-0.4, -0.2) is 26.0 Å². The van der Waals surface area contributed by atoms with Gasteiger partial charge in [-0.15, -0.1) is 6.42 Å². The van der Waals surface area contributed by atoms with Crippen molar-refractivity contribution in [2.24, 2.45) is 4.99 Å². The first-order valence-corrected chi connectivity index (χ1v) is 12.9. The van der Waals surface area contributed by atoms with Crippen LogP contribution >= 0.6 is 11.3 Å². The van der Waals surface area contributed by atoms with Crippen molar-refractivity contribution in [3.8, 4) is 18.1 Å². The Morgan fingerprint density at radius 1 is 1.11 bits per heavy atom. The van der Waals surface area contributed by atoms with Gasteiger partial charge < -0.3 is 9.30 Å². The quantitative estimate of drug-likeness (QED) is 0.391. The normalized spacial score (nSPS) is 11.9. The van der Waals surface area contributed by atoms with Crippen LogP contribution in [0.2, 0.25) is 0 Å². The summed E-state index contributed by atoms with van der Waals surface area (Å²) < 4.78 is 35.9. The Kier molecular flexibility index (Phi) is 6.78. The predicted molar refractivity (Wildman–Crippen MR) is 138 cm³/mol. The van der Waals surface area contributed by atoms with Gasteiger partial charge in [-0.25, -0.2) is 8.42 Å². The lowest BCUT2D eigenvalue weighted by atomic mass is 10.1. The summed E-state index contributed by atoms with van der Waals surface area (Å²) in [7, 11) is -2.35. The van der Waals surface area contributed by atoms with E-state index in [4.69, 9.17) is 11.2 Å². The number of ether oxygens (including phenoxy) is 1. The van der Waals surface area contributed by atoms with Crippen LogP contribution in [0.4, 0.5) is 5.69 Å². The number of nitrogens with zero attached hydrogens (tertiary/aromatic N) is 2. The first-order valence-electron chi connectivity index (χ1n) is 10.6. The molecule has 7 nitrogen and oxygen atoms in total. The van der Waals surface area contributed by atoms with Gasteiger partial charge in [0.2, 0.25) is 0 Å². The predicted octanol–water partition coefficient (Wildman–Crippen LogP) is 4.50. The third-order valence-corrected chi connectivity index (χ3v) is 7.91. The molecule has 1 heterocycles. The van der Waals surface area contributed by atoms with Crippen molar-refractivity contribution in [3.63, 3.8) is 0 Å². The SMILES string of the molecule is C#CCn1c(=NC(=O)c2cccc(NS(=O)(=O)c3ccc(OC)cc3)c2)sc2cc(C)c(C)cc21. The van der Waals surface area contributed by atoms with Gasteiger partial charge in [0.05, 0.1) is 28.8 Å². The highest BCUT2D eigenvalue weighted by atomic mass is 32.2. The Hall–Kier alpha value is -3.87. The molecule has 1 N–H and O–H groups in total. The van der Waals surface area contributed by atoms with Crippen LogP contribution in [0.15, 0.2) is 70.6 Å². The lowest BCUT2D eigenvalue weighted by molar-refractivity contribution is 0.0998. The Morgan fingerprint density at radius 3 is 2.51 bits per heavy atom.